The first-order valence-electron chi connectivity index (χ1n) is 3.82. The number of hydrogen-bond acceptors (Lipinski definition) is 3. The molecule has 0 atom stereocenters. The van der Waals surface area contributed by atoms with Crippen LogP contribution in [-0.4, -0.2) is 10.1 Å². The highest BCUT2D eigenvalue weighted by atomic mass is 79.9. The van der Waals surface area contributed by atoms with Crippen LogP contribution < -0.4 is 5.73 Å². The van der Waals surface area contributed by atoms with Crippen LogP contribution >= 0.6 is 15.9 Å². The molecule has 0 aliphatic heterocycles. The Kier molecular flexibility index (Phi) is 3.77. The molecule has 0 radical (unpaired) electrons. The van der Waals surface area contributed by atoms with E-state index in [1.54, 1.807) is 0 Å². The molecule has 0 aromatic carbocycles. The predicted octanol–water partition coefficient (Wildman–Crippen LogP) is 1.99. The van der Waals surface area contributed by atoms with Gasteiger partial charge >= 0.3 is 0 Å². The lowest BCUT2D eigenvalue weighted by molar-refractivity contribution is 0.146. The maximum absolute atomic E-state index is 12.6. The molecule has 1 rings (SSSR count). The van der Waals surface area contributed by atoms with Gasteiger partial charge in [0, 0.05) is 22.7 Å². The SMILES string of the molecule is Nc1ncc(CBr)c(C(F)F)c1CO. The predicted molar refractivity (Wildman–Crippen MR) is 52.2 cm³/mol. The fourth-order valence-corrected chi connectivity index (χ4v) is 1.62. The molecule has 1 heterocycles. The molecule has 0 aliphatic rings. The molecule has 0 bridgehead atoms. The van der Waals surface area contributed by atoms with E-state index in [4.69, 9.17) is 10.8 Å². The molecule has 0 saturated heterocycles. The van der Waals surface area contributed by atoms with Gasteiger partial charge < -0.3 is 10.8 Å². The van der Waals surface area contributed by atoms with Gasteiger partial charge in [0.05, 0.1) is 6.61 Å². The highest BCUT2D eigenvalue weighted by molar-refractivity contribution is 9.08. The number of anilines is 1. The molecule has 0 unspecified atom stereocenters. The summed E-state index contributed by atoms with van der Waals surface area (Å²) in [6, 6.07) is 0. The number of pyridine rings is 1. The minimum absolute atomic E-state index is 0.0111. The molecule has 78 valence electrons. The third kappa shape index (κ3) is 2.01. The van der Waals surface area contributed by atoms with Crippen molar-refractivity contribution in [3.8, 4) is 0 Å². The number of aliphatic hydroxyl groups is 1. The number of hydrogen-bond donors (Lipinski definition) is 2. The van der Waals surface area contributed by atoms with Crippen molar-refractivity contribution in [3.05, 3.63) is 22.9 Å². The molecule has 0 saturated carbocycles. The van der Waals surface area contributed by atoms with E-state index < -0.39 is 13.0 Å². The van der Waals surface area contributed by atoms with Crippen LogP contribution in [0.3, 0.4) is 0 Å². The Balaban J connectivity index is 3.36. The summed E-state index contributed by atoms with van der Waals surface area (Å²) in [6.45, 7) is -0.528. The van der Waals surface area contributed by atoms with Crippen LogP contribution in [0.25, 0.3) is 0 Å². The Hall–Kier alpha value is -0.750. The minimum Gasteiger partial charge on any atom is -0.392 e. The normalized spacial score (nSPS) is 10.9. The molecule has 14 heavy (non-hydrogen) atoms. The van der Waals surface area contributed by atoms with Gasteiger partial charge in [-0.15, -0.1) is 0 Å². The van der Waals surface area contributed by atoms with Crippen molar-refractivity contribution in [2.75, 3.05) is 5.73 Å². The van der Waals surface area contributed by atoms with E-state index in [2.05, 4.69) is 20.9 Å². The maximum Gasteiger partial charge on any atom is 0.264 e. The van der Waals surface area contributed by atoms with Gasteiger partial charge in [-0.25, -0.2) is 13.8 Å². The lowest BCUT2D eigenvalue weighted by Crippen LogP contribution is -2.06. The van der Waals surface area contributed by atoms with E-state index in [9.17, 15) is 8.78 Å². The Bertz CT molecular complexity index is 333. The van der Waals surface area contributed by atoms with Gasteiger partial charge in [-0.2, -0.15) is 0 Å². The summed E-state index contributed by atoms with van der Waals surface area (Å²) in [4.78, 5) is 3.72. The Morgan fingerprint density at radius 2 is 2.21 bits per heavy atom. The van der Waals surface area contributed by atoms with Crippen LogP contribution in [-0.2, 0) is 11.9 Å². The molecule has 1 aromatic heterocycles. The van der Waals surface area contributed by atoms with Gasteiger partial charge in [-0.1, -0.05) is 15.9 Å². The van der Waals surface area contributed by atoms with Crippen molar-refractivity contribution in [1.29, 1.82) is 0 Å². The second-order valence-electron chi connectivity index (χ2n) is 2.65. The number of halogens is 3. The average molecular weight is 267 g/mol. The summed E-state index contributed by atoms with van der Waals surface area (Å²) in [6.07, 6.45) is -1.37. The molecule has 0 spiro atoms. The van der Waals surface area contributed by atoms with E-state index in [0.717, 1.165) is 0 Å². The third-order valence-corrected chi connectivity index (χ3v) is 2.46. The molecule has 1 aromatic rings. The van der Waals surface area contributed by atoms with Crippen molar-refractivity contribution in [2.45, 2.75) is 18.4 Å². The first-order valence-corrected chi connectivity index (χ1v) is 4.95. The van der Waals surface area contributed by atoms with Crippen molar-refractivity contribution in [2.24, 2.45) is 0 Å². The standard InChI is InChI=1S/C8H9BrF2N2O/c9-1-4-2-13-8(12)5(3-14)6(4)7(10)11/h2,7,14H,1,3H2,(H2,12,13). The van der Waals surface area contributed by atoms with Crippen LogP contribution in [0.5, 0.6) is 0 Å². The van der Waals surface area contributed by atoms with E-state index in [1.165, 1.54) is 6.20 Å². The molecule has 0 aliphatic carbocycles. The second-order valence-corrected chi connectivity index (χ2v) is 3.21. The Morgan fingerprint density at radius 1 is 1.57 bits per heavy atom. The number of nitrogen functional groups attached to an aromatic ring is 1. The van der Waals surface area contributed by atoms with Gasteiger partial charge in [-0.05, 0) is 5.56 Å². The molecule has 3 N–H and O–H groups in total. The highest BCUT2D eigenvalue weighted by Crippen LogP contribution is 2.30. The van der Waals surface area contributed by atoms with Crippen LogP contribution in [0.4, 0.5) is 14.6 Å². The Morgan fingerprint density at radius 3 is 2.64 bits per heavy atom. The third-order valence-electron chi connectivity index (χ3n) is 1.86. The zero-order valence-electron chi connectivity index (χ0n) is 7.17. The summed E-state index contributed by atoms with van der Waals surface area (Å²) in [5.74, 6) is -0.0486. The van der Waals surface area contributed by atoms with Crippen LogP contribution in [0.2, 0.25) is 0 Å². The van der Waals surface area contributed by atoms with Crippen LogP contribution in [0, 0.1) is 0 Å². The maximum atomic E-state index is 12.6. The molecule has 3 nitrogen and oxygen atoms in total. The summed E-state index contributed by atoms with van der Waals surface area (Å²) >= 11 is 3.07. The quantitative estimate of drug-likeness (QED) is 0.823. The number of aromatic nitrogens is 1. The Labute approximate surface area is 88.1 Å². The number of nitrogens with two attached hydrogens (primary N) is 1. The number of rotatable bonds is 3. The van der Waals surface area contributed by atoms with Crippen molar-refractivity contribution >= 4 is 21.7 Å². The summed E-state index contributed by atoms with van der Waals surface area (Å²) in [5.41, 5.74) is 5.51. The monoisotopic (exact) mass is 266 g/mol. The fourth-order valence-electron chi connectivity index (χ4n) is 1.17. The van der Waals surface area contributed by atoms with E-state index in [1.807, 2.05) is 0 Å². The van der Waals surface area contributed by atoms with E-state index in [-0.39, 0.29) is 22.3 Å². The zero-order chi connectivity index (χ0) is 10.7. The molecular weight excluding hydrogens is 258 g/mol. The molecule has 0 amide bonds. The van der Waals surface area contributed by atoms with Crippen LogP contribution in [0.15, 0.2) is 6.20 Å². The first kappa shape index (κ1) is 11.3. The summed E-state index contributed by atoms with van der Waals surface area (Å²) in [5, 5.41) is 9.16. The molecular formula is C8H9BrF2N2O. The van der Waals surface area contributed by atoms with E-state index >= 15 is 0 Å². The molecule has 0 fully saturated rings. The average Bonchev–Trinajstić information content (AvgIpc) is 2.17. The number of aliphatic hydroxyl groups excluding tert-OH is 1. The van der Waals surface area contributed by atoms with Gasteiger partial charge in [0.2, 0.25) is 0 Å². The number of alkyl halides is 3. The largest absolute Gasteiger partial charge is 0.392 e. The summed E-state index contributed by atoms with van der Waals surface area (Å²) in [7, 11) is 0. The van der Waals surface area contributed by atoms with E-state index in [0.29, 0.717) is 5.56 Å². The van der Waals surface area contributed by atoms with Gasteiger partial charge in [0.15, 0.2) is 0 Å². The minimum atomic E-state index is -2.66. The van der Waals surface area contributed by atoms with Gasteiger partial charge in [-0.3, -0.25) is 0 Å². The zero-order valence-corrected chi connectivity index (χ0v) is 8.76. The summed E-state index contributed by atoms with van der Waals surface area (Å²) < 4.78 is 25.3. The molecule has 6 heteroatoms. The topological polar surface area (TPSA) is 59.1 Å². The first-order chi connectivity index (χ1) is 6.61. The highest BCUT2D eigenvalue weighted by Gasteiger charge is 2.19. The van der Waals surface area contributed by atoms with Crippen molar-refractivity contribution < 1.29 is 13.9 Å². The number of nitrogens with zero attached hydrogens (tertiary/aromatic N) is 1. The van der Waals surface area contributed by atoms with Gasteiger partial charge in [0.25, 0.3) is 6.43 Å². The smallest absolute Gasteiger partial charge is 0.264 e. The van der Waals surface area contributed by atoms with Gasteiger partial charge in [0.1, 0.15) is 5.82 Å². The van der Waals surface area contributed by atoms with Crippen LogP contribution in [0.1, 0.15) is 23.1 Å². The fraction of sp³-hybridized carbons (Fsp3) is 0.375. The second kappa shape index (κ2) is 4.65. The lowest BCUT2D eigenvalue weighted by Gasteiger charge is -2.12. The lowest BCUT2D eigenvalue weighted by atomic mass is 10.1. The van der Waals surface area contributed by atoms with Crippen molar-refractivity contribution in [3.63, 3.8) is 0 Å². The van der Waals surface area contributed by atoms with Crippen molar-refractivity contribution in [1.82, 2.24) is 4.98 Å².